The van der Waals surface area contributed by atoms with Crippen LogP contribution in [-0.4, -0.2) is 117 Å². The smallest absolute Gasteiger partial charge is 0.320 e. The number of aromatic amines is 1. The van der Waals surface area contributed by atoms with Crippen LogP contribution in [0.25, 0.3) is 21.9 Å². The van der Waals surface area contributed by atoms with Gasteiger partial charge in [-0.2, -0.15) is 0 Å². The number of hydrogen-bond acceptors (Lipinski definition) is 11. The number of nitrogens with zero attached hydrogens (tertiary/aromatic N) is 7. The lowest BCUT2D eigenvalue weighted by molar-refractivity contribution is -0.134. The Balaban J connectivity index is 0.746. The number of likely N-dealkylation sites (N-methyl/N-ethyl adjacent to an activating group) is 1. The van der Waals surface area contributed by atoms with Gasteiger partial charge in [-0.3, -0.25) is 24.7 Å². The molecule has 3 aromatic heterocycles. The molecule has 5 aliphatic rings. The monoisotopic (exact) mass is 827 g/mol. The van der Waals surface area contributed by atoms with Gasteiger partial charge in [0.25, 0.3) is 5.91 Å². The van der Waals surface area contributed by atoms with Crippen LogP contribution in [0, 0.1) is 5.92 Å². The zero-order chi connectivity index (χ0) is 41.8. The average Bonchev–Trinajstić information content (AvgIpc) is 4.09. The number of primary amides is 1. The van der Waals surface area contributed by atoms with Gasteiger partial charge in [0.05, 0.1) is 34.8 Å². The molecule has 3 unspecified atom stereocenters. The van der Waals surface area contributed by atoms with E-state index in [0.29, 0.717) is 54.5 Å². The van der Waals surface area contributed by atoms with Gasteiger partial charge < -0.3 is 35.2 Å². The van der Waals surface area contributed by atoms with E-state index in [-0.39, 0.29) is 29.6 Å². The maximum atomic E-state index is 12.7. The molecule has 0 spiro atoms. The van der Waals surface area contributed by atoms with Gasteiger partial charge >= 0.3 is 6.03 Å². The normalized spacial score (nSPS) is 24.3. The summed E-state index contributed by atoms with van der Waals surface area (Å²) < 4.78 is 5.98. The zero-order valence-electron chi connectivity index (χ0n) is 34.6. The summed E-state index contributed by atoms with van der Waals surface area (Å²) in [6.45, 7) is 6.13. The topological polar surface area (TPSA) is 199 Å². The number of aromatic nitrogens is 4. The van der Waals surface area contributed by atoms with Crippen molar-refractivity contribution in [3.05, 3.63) is 71.3 Å². The first-order valence-electron chi connectivity index (χ1n) is 21.9. The second-order valence-corrected chi connectivity index (χ2v) is 17.8. The highest BCUT2D eigenvalue weighted by molar-refractivity contribution is 6.10. The lowest BCUT2D eigenvalue weighted by Crippen LogP contribution is -2.49. The standard InChI is InChI=1S/C45H53N11O5/c1-53-19-20-56(45(53)60)31-3-2-16-55(25-31)36-23-48-41(42(46)58)43(50-36)49-30-8-6-27(7-9-30)28-13-17-54(18-14-28)24-26-4-5-29(21-26)34-22-35-38(32-12-15-47-39(32)34)40(52-61-35)33-10-11-37(57)51-44(33)59/h6-9,12,15,22-23,26,28-29,31,33,52H,2-5,10-11,13-14,16-21,24-25H2,1H3,(H2,46,58)(H,49,50)(H,51,57,59)/t26?,29?,31-,33?/m1/s1. The number of likely N-dealkylation sites (tertiary alicyclic amines) is 1. The van der Waals surface area contributed by atoms with Crippen molar-refractivity contribution in [2.24, 2.45) is 11.7 Å². The van der Waals surface area contributed by atoms with Crippen molar-refractivity contribution in [3.8, 4) is 0 Å². The van der Waals surface area contributed by atoms with E-state index in [0.717, 1.165) is 105 Å². The van der Waals surface area contributed by atoms with Crippen LogP contribution >= 0.6 is 0 Å². The van der Waals surface area contributed by atoms with Gasteiger partial charge in [-0.1, -0.05) is 12.1 Å². The fourth-order valence-corrected chi connectivity index (χ4v) is 10.8. The van der Waals surface area contributed by atoms with Crippen molar-refractivity contribution in [3.63, 3.8) is 0 Å². The van der Waals surface area contributed by atoms with Gasteiger partial charge in [0.2, 0.25) is 11.8 Å². The second-order valence-electron chi connectivity index (χ2n) is 17.8. The van der Waals surface area contributed by atoms with Crippen molar-refractivity contribution in [1.29, 1.82) is 0 Å². The zero-order valence-corrected chi connectivity index (χ0v) is 34.6. The molecular weight excluding hydrogens is 775 g/mol. The Kier molecular flexibility index (Phi) is 10.3. The summed E-state index contributed by atoms with van der Waals surface area (Å²) in [5.41, 5.74) is 11.6. The molecule has 1 aliphatic carbocycles. The maximum absolute atomic E-state index is 12.7. The van der Waals surface area contributed by atoms with E-state index >= 15 is 0 Å². The number of anilines is 3. The molecule has 0 radical (unpaired) electrons. The average molecular weight is 828 g/mol. The third-order valence-electron chi connectivity index (χ3n) is 14.0. The number of imide groups is 1. The molecule has 4 aliphatic heterocycles. The van der Waals surface area contributed by atoms with Gasteiger partial charge in [0.15, 0.2) is 17.1 Å². The third-order valence-corrected chi connectivity index (χ3v) is 14.0. The SMILES string of the molecule is CN1CCN([C@@H]2CCCN(c3cnc(C(N)=O)c(Nc4ccc(C5CCN(CC6CCC(c7cc8o[nH]c(C9CCC(=O)NC9=O)c8c8ccnc78)C6)CC5)cc4)n3)C2)C1=O. The van der Waals surface area contributed by atoms with Crippen LogP contribution in [-0.2, 0) is 9.59 Å². The molecule has 7 heterocycles. The van der Waals surface area contributed by atoms with E-state index in [1.54, 1.807) is 11.1 Å². The van der Waals surface area contributed by atoms with Gasteiger partial charge in [-0.05, 0) is 118 Å². The maximum Gasteiger partial charge on any atom is 0.320 e. The van der Waals surface area contributed by atoms with Crippen molar-refractivity contribution in [1.82, 2.24) is 40.1 Å². The van der Waals surface area contributed by atoms with Gasteiger partial charge in [0, 0.05) is 63.5 Å². The Labute approximate surface area is 353 Å². The molecule has 1 saturated carbocycles. The fraction of sp³-hybridized carbons (Fsp3) is 0.489. The van der Waals surface area contributed by atoms with Gasteiger partial charge in [0.1, 0.15) is 5.82 Å². The number of carbonyl (C=O) groups is 4. The van der Waals surface area contributed by atoms with Crippen molar-refractivity contribution in [2.75, 3.05) is 63.1 Å². The molecule has 5 fully saturated rings. The highest BCUT2D eigenvalue weighted by atomic mass is 16.5. The molecule has 16 heteroatoms. The number of carbonyl (C=O) groups excluding carboxylic acids is 4. The molecule has 2 aromatic carbocycles. The molecule has 10 rings (SSSR count). The Bertz CT molecular complexity index is 2490. The van der Waals surface area contributed by atoms with E-state index in [2.05, 4.69) is 48.8 Å². The lowest BCUT2D eigenvalue weighted by Gasteiger charge is -2.37. The molecule has 5 amide bonds. The number of nitrogens with one attached hydrogen (secondary N) is 3. The summed E-state index contributed by atoms with van der Waals surface area (Å²) in [5.74, 6) is 0.822. The molecule has 0 bridgehead atoms. The summed E-state index contributed by atoms with van der Waals surface area (Å²) >= 11 is 0. The molecule has 16 nitrogen and oxygen atoms in total. The summed E-state index contributed by atoms with van der Waals surface area (Å²) in [7, 11) is 1.84. The predicted octanol–water partition coefficient (Wildman–Crippen LogP) is 5.56. The van der Waals surface area contributed by atoms with Crippen LogP contribution in [0.3, 0.4) is 0 Å². The largest absolute Gasteiger partial charge is 0.382 e. The van der Waals surface area contributed by atoms with Crippen LogP contribution in [0.2, 0.25) is 0 Å². The van der Waals surface area contributed by atoms with E-state index < -0.39 is 11.8 Å². The van der Waals surface area contributed by atoms with Crippen molar-refractivity contribution < 1.29 is 23.7 Å². The first-order valence-corrected chi connectivity index (χ1v) is 21.9. The molecule has 61 heavy (non-hydrogen) atoms. The number of amides is 5. The number of hydrogen-bond donors (Lipinski definition) is 4. The van der Waals surface area contributed by atoms with E-state index in [9.17, 15) is 19.2 Å². The fourth-order valence-electron chi connectivity index (χ4n) is 10.8. The van der Waals surface area contributed by atoms with Crippen LogP contribution in [0.5, 0.6) is 0 Å². The number of fused-ring (bicyclic) bond motifs is 3. The predicted molar refractivity (Wildman–Crippen MR) is 230 cm³/mol. The first kappa shape index (κ1) is 39.1. The Hall–Kier alpha value is -6.03. The summed E-state index contributed by atoms with van der Waals surface area (Å²) in [5, 5.41) is 10.7. The molecule has 318 valence electrons. The molecule has 4 saturated heterocycles. The Morgan fingerprint density at radius 3 is 2.56 bits per heavy atom. The van der Waals surface area contributed by atoms with Crippen LogP contribution < -0.4 is 21.3 Å². The molecular formula is C45H53N11O5. The summed E-state index contributed by atoms with van der Waals surface area (Å²) in [4.78, 5) is 72.2. The minimum atomic E-state index is -0.645. The van der Waals surface area contributed by atoms with Crippen LogP contribution in [0.4, 0.5) is 22.1 Å². The summed E-state index contributed by atoms with van der Waals surface area (Å²) in [6.07, 6.45) is 11.7. The van der Waals surface area contributed by atoms with E-state index in [1.165, 1.54) is 17.5 Å². The number of rotatable bonds is 10. The molecule has 4 atom stereocenters. The number of urea groups is 1. The van der Waals surface area contributed by atoms with Crippen molar-refractivity contribution in [2.45, 2.75) is 81.6 Å². The molecule has 5 N–H and O–H groups in total. The summed E-state index contributed by atoms with van der Waals surface area (Å²) in [6, 6.07) is 12.7. The second kappa shape index (κ2) is 16.1. The number of benzene rings is 2. The first-order chi connectivity index (χ1) is 29.7. The number of nitrogens with two attached hydrogens (primary N) is 1. The third kappa shape index (κ3) is 7.55. The van der Waals surface area contributed by atoms with E-state index in [4.69, 9.17) is 20.2 Å². The minimum absolute atomic E-state index is 0.0704. The van der Waals surface area contributed by atoms with Crippen molar-refractivity contribution >= 4 is 62.9 Å². The quantitative estimate of drug-likeness (QED) is 0.129. The molecule has 5 aromatic rings. The highest BCUT2D eigenvalue weighted by Crippen LogP contribution is 2.45. The number of H-pyrrole nitrogens is 1. The Morgan fingerprint density at radius 2 is 1.79 bits per heavy atom. The number of piperidine rings is 3. The van der Waals surface area contributed by atoms with Gasteiger partial charge in [-0.25, -0.2) is 19.9 Å². The highest BCUT2D eigenvalue weighted by Gasteiger charge is 2.36. The van der Waals surface area contributed by atoms with Crippen LogP contribution in [0.15, 0.2) is 53.3 Å². The lowest BCUT2D eigenvalue weighted by atomic mass is 9.88. The van der Waals surface area contributed by atoms with Crippen LogP contribution in [0.1, 0.15) is 103 Å². The minimum Gasteiger partial charge on any atom is -0.382 e. The Morgan fingerprint density at radius 1 is 0.951 bits per heavy atom. The van der Waals surface area contributed by atoms with Gasteiger partial charge in [-0.15, -0.1) is 0 Å². The van der Waals surface area contributed by atoms with E-state index in [1.807, 2.05) is 36.3 Å².